The van der Waals surface area contributed by atoms with Gasteiger partial charge in [-0.1, -0.05) is 247 Å². The van der Waals surface area contributed by atoms with E-state index in [0.717, 1.165) is 96.3 Å². The summed E-state index contributed by atoms with van der Waals surface area (Å²) in [4.78, 5) is 38.0. The topological polar surface area (TPSA) is 78.9 Å². The Bertz CT molecular complexity index is 1270. The summed E-state index contributed by atoms with van der Waals surface area (Å²) >= 11 is 0. The minimum absolute atomic E-state index is 0.0944. The molecule has 0 aromatic rings. The van der Waals surface area contributed by atoms with E-state index < -0.39 is 12.1 Å². The summed E-state index contributed by atoms with van der Waals surface area (Å²) in [7, 11) is 0. The van der Waals surface area contributed by atoms with Gasteiger partial charge in [0.2, 0.25) is 0 Å². The van der Waals surface area contributed by atoms with E-state index in [1.807, 2.05) is 6.08 Å². The van der Waals surface area contributed by atoms with E-state index in [1.54, 1.807) is 6.08 Å². The predicted octanol–water partition coefficient (Wildman–Crippen LogP) is 18.0. The Balaban J connectivity index is 4.48. The molecule has 0 aliphatic carbocycles. The van der Waals surface area contributed by atoms with E-state index in [1.165, 1.54) is 116 Å². The van der Waals surface area contributed by atoms with Gasteiger partial charge in [0.25, 0.3) is 0 Å². The maximum Gasteiger partial charge on any atom is 0.310 e. The lowest BCUT2D eigenvalue weighted by Crippen LogP contribution is -2.30. The van der Waals surface area contributed by atoms with E-state index >= 15 is 0 Å². The predicted molar refractivity (Wildman–Crippen MR) is 279 cm³/mol. The van der Waals surface area contributed by atoms with Crippen molar-refractivity contribution in [1.82, 2.24) is 0 Å². The van der Waals surface area contributed by atoms with Crippen molar-refractivity contribution in [2.24, 2.45) is 0 Å². The molecule has 0 aromatic carbocycles. The van der Waals surface area contributed by atoms with Gasteiger partial charge in [0.1, 0.15) is 13.2 Å². The minimum Gasteiger partial charge on any atom is -0.462 e. The van der Waals surface area contributed by atoms with Crippen LogP contribution in [0.4, 0.5) is 0 Å². The van der Waals surface area contributed by atoms with Crippen LogP contribution in [-0.4, -0.2) is 37.2 Å². The zero-order chi connectivity index (χ0) is 47.2. The van der Waals surface area contributed by atoms with Crippen molar-refractivity contribution in [2.75, 3.05) is 13.2 Å². The van der Waals surface area contributed by atoms with Crippen LogP contribution in [0.5, 0.6) is 0 Å². The van der Waals surface area contributed by atoms with E-state index in [9.17, 15) is 14.4 Å². The maximum atomic E-state index is 12.8. The van der Waals surface area contributed by atoms with E-state index in [2.05, 4.69) is 93.7 Å². The van der Waals surface area contributed by atoms with Gasteiger partial charge < -0.3 is 14.2 Å². The Kier molecular flexibility index (Phi) is 50.4. The molecule has 6 nitrogen and oxygen atoms in total. The molecule has 1 unspecified atom stereocenters. The quantitative estimate of drug-likeness (QED) is 0.0262. The third kappa shape index (κ3) is 51.4. The zero-order valence-electron chi connectivity index (χ0n) is 42.5. The standard InChI is InChI=1S/C59H100O6/c1-4-7-10-13-16-19-22-25-28-29-30-32-34-37-40-43-46-49-52-58(61)64-55-56(54-63-57(60)51-48-45-42-39-36-33-27-24-21-18-15-12-9-6-3)65-59(62)53-50-47-44-41-38-35-31-26-23-20-17-14-11-8-5-2/h8,11,15,17-18,20,24,26-27,31,38,41,47,50,56H,4-7,9-10,12-14,16,19,21-23,25,28-30,32-37,39-40,42-46,48-49,51-55H2,1-3H3/b11-8-,18-15-,20-17-,27-24-,31-26-,41-38-,50-47-. The average Bonchev–Trinajstić information content (AvgIpc) is 3.30. The molecule has 0 aliphatic heterocycles. The number of carbonyl (C=O) groups excluding carboxylic acids is 3. The second-order valence-electron chi connectivity index (χ2n) is 17.8. The number of allylic oxidation sites excluding steroid dienone is 13. The molecule has 0 radical (unpaired) electrons. The molecule has 372 valence electrons. The van der Waals surface area contributed by atoms with Crippen molar-refractivity contribution in [3.8, 4) is 0 Å². The number of unbranched alkanes of at least 4 members (excludes halogenated alkanes) is 24. The van der Waals surface area contributed by atoms with E-state index in [0.29, 0.717) is 12.8 Å². The molecule has 0 rings (SSSR count). The number of ether oxygens (including phenoxy) is 3. The number of hydrogen-bond donors (Lipinski definition) is 0. The fourth-order valence-corrected chi connectivity index (χ4v) is 7.36. The first-order valence-electron chi connectivity index (χ1n) is 27.1. The molecule has 0 saturated carbocycles. The number of hydrogen-bond acceptors (Lipinski definition) is 6. The smallest absolute Gasteiger partial charge is 0.310 e. The first-order valence-corrected chi connectivity index (χ1v) is 27.1. The van der Waals surface area contributed by atoms with Crippen molar-refractivity contribution in [1.29, 1.82) is 0 Å². The Morgan fingerprint density at radius 2 is 0.662 bits per heavy atom. The highest BCUT2D eigenvalue weighted by atomic mass is 16.6. The highest BCUT2D eigenvalue weighted by Gasteiger charge is 2.19. The SMILES string of the molecule is CC/C=C\C/C=C\C/C=C\C/C=C\C/C=C\CC(=O)OC(COC(=O)CCCCCCC/C=C\C/C=C\CCCC)COC(=O)CCCCCCCCCCCCCCCCCCCC. The highest BCUT2D eigenvalue weighted by molar-refractivity contribution is 5.72. The van der Waals surface area contributed by atoms with Crippen LogP contribution in [0.2, 0.25) is 0 Å². The Morgan fingerprint density at radius 1 is 0.338 bits per heavy atom. The second kappa shape index (κ2) is 53.2. The molecule has 1 atom stereocenters. The first kappa shape index (κ1) is 61.6. The molecule has 0 saturated heterocycles. The largest absolute Gasteiger partial charge is 0.462 e. The van der Waals surface area contributed by atoms with Crippen LogP contribution in [0.1, 0.15) is 252 Å². The molecule has 0 aromatic heterocycles. The third-order valence-corrected chi connectivity index (χ3v) is 11.4. The van der Waals surface area contributed by atoms with Crippen LogP contribution < -0.4 is 0 Å². The van der Waals surface area contributed by atoms with Crippen LogP contribution in [0, 0.1) is 0 Å². The molecular weight excluding hydrogens is 805 g/mol. The lowest BCUT2D eigenvalue weighted by Gasteiger charge is -2.18. The summed E-state index contributed by atoms with van der Waals surface area (Å²) in [6, 6.07) is 0. The molecule has 0 aliphatic rings. The number of esters is 3. The summed E-state index contributed by atoms with van der Waals surface area (Å²) < 4.78 is 16.7. The van der Waals surface area contributed by atoms with Gasteiger partial charge in [-0.05, 0) is 70.6 Å². The van der Waals surface area contributed by atoms with Gasteiger partial charge in [-0.2, -0.15) is 0 Å². The van der Waals surface area contributed by atoms with E-state index in [-0.39, 0.29) is 31.6 Å². The summed E-state index contributed by atoms with van der Waals surface area (Å²) in [5.41, 5.74) is 0. The van der Waals surface area contributed by atoms with Crippen molar-refractivity contribution in [2.45, 2.75) is 258 Å². The van der Waals surface area contributed by atoms with Crippen molar-refractivity contribution in [3.63, 3.8) is 0 Å². The minimum atomic E-state index is -0.835. The molecule has 0 heterocycles. The van der Waals surface area contributed by atoms with Crippen molar-refractivity contribution >= 4 is 17.9 Å². The lowest BCUT2D eigenvalue weighted by atomic mass is 10.0. The molecule has 0 bridgehead atoms. The Hall–Kier alpha value is -3.41. The fraction of sp³-hybridized carbons (Fsp3) is 0.712. The van der Waals surface area contributed by atoms with Gasteiger partial charge >= 0.3 is 17.9 Å². The molecule has 65 heavy (non-hydrogen) atoms. The van der Waals surface area contributed by atoms with Crippen molar-refractivity contribution in [3.05, 3.63) is 85.1 Å². The molecule has 0 N–H and O–H groups in total. The van der Waals surface area contributed by atoms with E-state index in [4.69, 9.17) is 14.2 Å². The fourth-order valence-electron chi connectivity index (χ4n) is 7.36. The Morgan fingerprint density at radius 3 is 1.06 bits per heavy atom. The van der Waals surface area contributed by atoms with Crippen molar-refractivity contribution < 1.29 is 28.6 Å². The highest BCUT2D eigenvalue weighted by Crippen LogP contribution is 2.15. The molecular formula is C59H100O6. The summed E-state index contributed by atoms with van der Waals surface area (Å²) in [5, 5.41) is 0. The van der Waals surface area contributed by atoms with Gasteiger partial charge in [-0.25, -0.2) is 0 Å². The second-order valence-corrected chi connectivity index (χ2v) is 17.8. The van der Waals surface area contributed by atoms with Gasteiger partial charge in [0.05, 0.1) is 6.42 Å². The lowest BCUT2D eigenvalue weighted by molar-refractivity contribution is -0.166. The van der Waals surface area contributed by atoms with Gasteiger partial charge in [-0.15, -0.1) is 0 Å². The van der Waals surface area contributed by atoms with Crippen LogP contribution in [0.15, 0.2) is 85.1 Å². The molecule has 0 spiro atoms. The number of rotatable bonds is 48. The van der Waals surface area contributed by atoms with Crippen LogP contribution in [0.25, 0.3) is 0 Å². The first-order chi connectivity index (χ1) is 32.0. The average molecular weight is 905 g/mol. The van der Waals surface area contributed by atoms with Crippen LogP contribution in [-0.2, 0) is 28.6 Å². The van der Waals surface area contributed by atoms with Crippen LogP contribution in [0.3, 0.4) is 0 Å². The van der Waals surface area contributed by atoms with Gasteiger partial charge in [0, 0.05) is 12.8 Å². The molecule has 0 fully saturated rings. The summed E-state index contributed by atoms with van der Waals surface area (Å²) in [6.07, 6.45) is 68.8. The van der Waals surface area contributed by atoms with Gasteiger partial charge in [-0.3, -0.25) is 14.4 Å². The maximum absolute atomic E-state index is 12.8. The molecule has 6 heteroatoms. The molecule has 0 amide bonds. The summed E-state index contributed by atoms with van der Waals surface area (Å²) in [6.45, 7) is 6.40. The summed E-state index contributed by atoms with van der Waals surface area (Å²) in [5.74, 6) is -1.06. The third-order valence-electron chi connectivity index (χ3n) is 11.4. The Labute approximate surface area is 401 Å². The zero-order valence-corrected chi connectivity index (χ0v) is 42.5. The van der Waals surface area contributed by atoms with Crippen LogP contribution >= 0.6 is 0 Å². The normalized spacial score (nSPS) is 12.7. The monoisotopic (exact) mass is 905 g/mol. The number of carbonyl (C=O) groups is 3. The van der Waals surface area contributed by atoms with Gasteiger partial charge in [0.15, 0.2) is 6.10 Å².